The van der Waals surface area contributed by atoms with E-state index in [2.05, 4.69) is 10.6 Å². The summed E-state index contributed by atoms with van der Waals surface area (Å²) >= 11 is 0. The van der Waals surface area contributed by atoms with Gasteiger partial charge in [0.25, 0.3) is 0 Å². The topological polar surface area (TPSA) is 238 Å². The average molecular weight is 635 g/mol. The number of aliphatic hydroxyl groups is 1. The molecule has 0 radical (unpaired) electrons. The molecular formula is C26H38N2O16. The van der Waals surface area contributed by atoms with Gasteiger partial charge in [-0.15, -0.1) is 0 Å². The molecule has 0 saturated carbocycles. The molecule has 18 nitrogen and oxygen atoms in total. The molecular weight excluding hydrogens is 596 g/mol. The maximum atomic E-state index is 12.3. The Morgan fingerprint density at radius 3 is 1.41 bits per heavy atom. The lowest BCUT2D eigenvalue weighted by Crippen LogP contribution is -2.70. The van der Waals surface area contributed by atoms with Crippen molar-refractivity contribution in [1.29, 1.82) is 0 Å². The molecule has 18 heteroatoms. The van der Waals surface area contributed by atoms with Crippen LogP contribution in [0.1, 0.15) is 48.5 Å². The zero-order valence-corrected chi connectivity index (χ0v) is 25.3. The quantitative estimate of drug-likeness (QED) is 0.161. The van der Waals surface area contributed by atoms with E-state index in [1.165, 1.54) is 0 Å². The number of carbonyl (C=O) groups excluding carboxylic acids is 7. The van der Waals surface area contributed by atoms with Gasteiger partial charge < -0.3 is 53.6 Å². The van der Waals surface area contributed by atoms with Gasteiger partial charge >= 0.3 is 29.8 Å². The van der Waals surface area contributed by atoms with E-state index < -0.39 is 116 Å². The Balaban J connectivity index is 2.66. The molecule has 0 aromatic carbocycles. The first-order chi connectivity index (χ1) is 20.5. The van der Waals surface area contributed by atoms with Crippen molar-refractivity contribution in [3.8, 4) is 0 Å². The van der Waals surface area contributed by atoms with Crippen LogP contribution in [-0.2, 0) is 71.5 Å². The molecule has 2 rings (SSSR count). The number of hydrogen-bond donors (Lipinski definition) is 3. The molecule has 2 aliphatic heterocycles. The molecule has 3 N–H and O–H groups in total. The summed E-state index contributed by atoms with van der Waals surface area (Å²) in [4.78, 5) is 83.8. The number of nitrogens with one attached hydrogen (secondary N) is 2. The lowest BCUT2D eigenvalue weighted by atomic mass is 9.94. The van der Waals surface area contributed by atoms with E-state index in [4.69, 9.17) is 37.9 Å². The summed E-state index contributed by atoms with van der Waals surface area (Å²) in [5.41, 5.74) is 0. The summed E-state index contributed by atoms with van der Waals surface area (Å²) in [6.07, 6.45) is -12.1. The summed E-state index contributed by atoms with van der Waals surface area (Å²) in [5, 5.41) is 15.6. The van der Waals surface area contributed by atoms with E-state index in [9.17, 15) is 38.7 Å². The first-order valence-corrected chi connectivity index (χ1v) is 13.5. The van der Waals surface area contributed by atoms with Crippen LogP contribution in [-0.4, -0.2) is 121 Å². The maximum Gasteiger partial charge on any atom is 0.303 e. The maximum absolute atomic E-state index is 12.3. The van der Waals surface area contributed by atoms with E-state index in [1.54, 1.807) is 0 Å². The number of ether oxygens (including phenoxy) is 8. The summed E-state index contributed by atoms with van der Waals surface area (Å²) in [7, 11) is 0. The number of amides is 2. The molecule has 0 aromatic heterocycles. The van der Waals surface area contributed by atoms with E-state index in [-0.39, 0.29) is 0 Å². The number of carbonyl (C=O) groups is 7. The largest absolute Gasteiger partial charge is 0.463 e. The molecule has 0 spiro atoms. The Bertz CT molecular complexity index is 1100. The monoisotopic (exact) mass is 634 g/mol. The summed E-state index contributed by atoms with van der Waals surface area (Å²) in [6.45, 7) is 6.58. The van der Waals surface area contributed by atoms with E-state index in [0.717, 1.165) is 48.5 Å². The Morgan fingerprint density at radius 2 is 0.977 bits per heavy atom. The molecule has 10 atom stereocenters. The number of esters is 5. The lowest BCUT2D eigenvalue weighted by molar-refractivity contribution is -0.330. The number of aliphatic hydroxyl groups excluding tert-OH is 1. The summed E-state index contributed by atoms with van der Waals surface area (Å²) in [6, 6.07) is -2.83. The third kappa shape index (κ3) is 10.7. The van der Waals surface area contributed by atoms with Crippen LogP contribution in [0.25, 0.3) is 0 Å². The SMILES string of the molecule is CC(=O)N[C@@H]1[C@H](OC(C)=O)[C@H](O[C@@H]2O[C@H](COC(C)=O)[C@@H](OC(C)=O)[C@@H](OC(C)=O)[C@H]2NC(C)=O)[C@H](COC(C)=O)O[C@H]1O. The Labute approximate surface area is 252 Å². The minimum atomic E-state index is -1.78. The van der Waals surface area contributed by atoms with Crippen LogP contribution in [0.4, 0.5) is 0 Å². The molecule has 0 bridgehead atoms. The third-order valence-electron chi connectivity index (χ3n) is 6.15. The average Bonchev–Trinajstić information content (AvgIpc) is 2.87. The molecule has 0 unspecified atom stereocenters. The van der Waals surface area contributed by atoms with E-state index >= 15 is 0 Å². The second kappa shape index (κ2) is 16.3. The smallest absolute Gasteiger partial charge is 0.303 e. The first-order valence-electron chi connectivity index (χ1n) is 13.5. The highest BCUT2D eigenvalue weighted by atomic mass is 16.7. The Hall–Kier alpha value is -3.87. The van der Waals surface area contributed by atoms with Gasteiger partial charge in [-0.3, -0.25) is 33.6 Å². The van der Waals surface area contributed by atoms with Gasteiger partial charge in [0.1, 0.15) is 43.6 Å². The van der Waals surface area contributed by atoms with Gasteiger partial charge in [-0.05, 0) is 0 Å². The van der Waals surface area contributed by atoms with Crippen LogP contribution in [0.15, 0.2) is 0 Å². The second-order valence-corrected chi connectivity index (χ2v) is 9.99. The van der Waals surface area contributed by atoms with Gasteiger partial charge in [-0.2, -0.15) is 0 Å². The van der Waals surface area contributed by atoms with Crippen molar-refractivity contribution in [2.45, 2.75) is 110 Å². The van der Waals surface area contributed by atoms with Crippen molar-refractivity contribution in [3.63, 3.8) is 0 Å². The fraction of sp³-hybridized carbons (Fsp3) is 0.731. The van der Waals surface area contributed by atoms with Crippen molar-refractivity contribution in [2.24, 2.45) is 0 Å². The lowest BCUT2D eigenvalue weighted by Gasteiger charge is -2.49. The van der Waals surface area contributed by atoms with Gasteiger partial charge in [-0.1, -0.05) is 0 Å². The van der Waals surface area contributed by atoms with Crippen molar-refractivity contribution in [1.82, 2.24) is 10.6 Å². The highest BCUT2D eigenvalue weighted by Gasteiger charge is 2.55. The van der Waals surface area contributed by atoms with Crippen LogP contribution in [0.3, 0.4) is 0 Å². The van der Waals surface area contributed by atoms with Gasteiger partial charge in [0.05, 0.1) is 0 Å². The van der Waals surface area contributed by atoms with Gasteiger partial charge in [0.15, 0.2) is 30.9 Å². The molecule has 248 valence electrons. The summed E-state index contributed by atoms with van der Waals surface area (Å²) in [5.74, 6) is -5.31. The molecule has 0 aromatic rings. The minimum Gasteiger partial charge on any atom is -0.463 e. The first kappa shape index (κ1) is 36.3. The molecule has 0 aliphatic carbocycles. The van der Waals surface area contributed by atoms with Crippen LogP contribution >= 0.6 is 0 Å². The zero-order chi connectivity index (χ0) is 33.3. The minimum absolute atomic E-state index is 0.531. The highest BCUT2D eigenvalue weighted by molar-refractivity contribution is 5.74. The van der Waals surface area contributed by atoms with Crippen molar-refractivity contribution >= 4 is 41.7 Å². The van der Waals surface area contributed by atoms with E-state index in [1.807, 2.05) is 0 Å². The van der Waals surface area contributed by atoms with E-state index in [0.29, 0.717) is 0 Å². The number of rotatable bonds is 11. The molecule has 2 amide bonds. The molecule has 2 aliphatic rings. The summed E-state index contributed by atoms with van der Waals surface area (Å²) < 4.78 is 44.2. The molecule has 44 heavy (non-hydrogen) atoms. The fourth-order valence-electron chi connectivity index (χ4n) is 4.70. The third-order valence-corrected chi connectivity index (χ3v) is 6.15. The predicted octanol–water partition coefficient (Wildman–Crippen LogP) is -2.26. The molecule has 2 fully saturated rings. The van der Waals surface area contributed by atoms with Gasteiger partial charge in [0.2, 0.25) is 11.8 Å². The van der Waals surface area contributed by atoms with Gasteiger partial charge in [0, 0.05) is 48.5 Å². The van der Waals surface area contributed by atoms with Crippen molar-refractivity contribution < 1.29 is 76.6 Å². The second-order valence-electron chi connectivity index (χ2n) is 9.99. The molecule has 2 heterocycles. The van der Waals surface area contributed by atoms with Gasteiger partial charge in [-0.25, -0.2) is 0 Å². The van der Waals surface area contributed by atoms with Crippen LogP contribution in [0.2, 0.25) is 0 Å². The Morgan fingerprint density at radius 1 is 0.568 bits per heavy atom. The van der Waals surface area contributed by atoms with Crippen molar-refractivity contribution in [3.05, 3.63) is 0 Å². The van der Waals surface area contributed by atoms with Crippen LogP contribution < -0.4 is 10.6 Å². The highest BCUT2D eigenvalue weighted by Crippen LogP contribution is 2.33. The molecule has 2 saturated heterocycles. The predicted molar refractivity (Wildman–Crippen MR) is 140 cm³/mol. The Kier molecular flexibility index (Phi) is 13.4. The van der Waals surface area contributed by atoms with Crippen LogP contribution in [0, 0.1) is 0 Å². The van der Waals surface area contributed by atoms with Crippen LogP contribution in [0.5, 0.6) is 0 Å². The fourth-order valence-corrected chi connectivity index (χ4v) is 4.70. The zero-order valence-electron chi connectivity index (χ0n) is 25.3. The normalized spacial score (nSPS) is 31.5. The van der Waals surface area contributed by atoms with Crippen molar-refractivity contribution in [2.75, 3.05) is 13.2 Å². The number of hydrogen-bond acceptors (Lipinski definition) is 16. The standard InChI is InChI=1S/C26H38N2O16/c1-10(29)27-19-23(40-15(6)34)22(17(42-25(19)36)8-37-12(3)31)44-26-20(28-11(2)30)24(41-16(7)35)21(39-14(5)33)18(43-26)9-38-13(4)32/h17-26,36H,8-9H2,1-7H3,(H,27,29)(H,28,30)/t17-,18+,19+,20+,21+,22+,23-,24-,25+,26-/m0/s1.